The van der Waals surface area contributed by atoms with Gasteiger partial charge in [-0.3, -0.25) is 0 Å². The van der Waals surface area contributed by atoms with Gasteiger partial charge in [-0.25, -0.2) is 4.57 Å². The third-order valence-corrected chi connectivity index (χ3v) is 1.52. The molecule has 9 heteroatoms. The lowest BCUT2D eigenvalue weighted by molar-refractivity contribution is -0.108. The zero-order valence-electron chi connectivity index (χ0n) is 4.78. The van der Waals surface area contributed by atoms with Crippen molar-refractivity contribution in [2.75, 3.05) is 0 Å². The van der Waals surface area contributed by atoms with Gasteiger partial charge in [0.05, 0.1) is 0 Å². The summed E-state index contributed by atoms with van der Waals surface area (Å²) in [6.07, 6.45) is -5.31. The van der Waals surface area contributed by atoms with Gasteiger partial charge in [0, 0.05) is 0 Å². The van der Waals surface area contributed by atoms with Gasteiger partial charge in [-0.05, 0) is 0 Å². The maximum Gasteiger partial charge on any atom is 0.503 e. The summed E-state index contributed by atoms with van der Waals surface area (Å²) in [6, 6.07) is 0. The summed E-state index contributed by atoms with van der Waals surface area (Å²) in [6.45, 7) is 0. The summed E-state index contributed by atoms with van der Waals surface area (Å²) >= 11 is 0. The van der Waals surface area contributed by atoms with Crippen molar-refractivity contribution >= 4 is 13.0 Å². The molecule has 0 heterocycles. The quantitative estimate of drug-likeness (QED) is 0.270. The fourth-order valence-electron chi connectivity index (χ4n) is 0.280. The molecule has 0 radical (unpaired) electrons. The highest BCUT2D eigenvalue weighted by Gasteiger charge is 2.56. The van der Waals surface area contributed by atoms with Crippen molar-refractivity contribution in [1.29, 1.82) is 0 Å². The molecule has 0 aromatic carbocycles. The van der Waals surface area contributed by atoms with Crippen LogP contribution in [0.5, 0.6) is 0 Å². The monoisotopic (exact) mass is 190 g/mol. The highest BCUT2D eigenvalue weighted by Crippen LogP contribution is 2.42. The van der Waals surface area contributed by atoms with Crippen LogP contribution in [0.3, 0.4) is 0 Å². The molecule has 64 valence electrons. The van der Waals surface area contributed by atoms with Crippen LogP contribution in [0.4, 0.5) is 13.2 Å². The Hall–Kier alpha value is -0.680. The van der Waals surface area contributed by atoms with Gasteiger partial charge < -0.3 is 15.3 Å². The number of rotatable bonds is 1. The van der Waals surface area contributed by atoms with Gasteiger partial charge in [0.2, 0.25) is 0 Å². The van der Waals surface area contributed by atoms with Crippen LogP contribution in [0.2, 0.25) is 0 Å². The summed E-state index contributed by atoms with van der Waals surface area (Å²) in [5.74, 6) is 0. The van der Waals surface area contributed by atoms with E-state index in [2.05, 4.69) is 0 Å². The zero-order chi connectivity index (χ0) is 9.28. The Kier molecular flexibility index (Phi) is 2.58. The maximum absolute atomic E-state index is 11.4. The van der Waals surface area contributed by atoms with Crippen LogP contribution in [-0.4, -0.2) is 26.2 Å². The van der Waals surface area contributed by atoms with E-state index in [-0.39, 0.29) is 0 Å². The molecule has 0 atom stereocenters. The Labute approximate surface area is 58.2 Å². The number of hydrogen-bond donors (Lipinski definition) is 2. The summed E-state index contributed by atoms with van der Waals surface area (Å²) in [4.78, 5) is 17.3. The molecule has 0 bridgehead atoms. The van der Waals surface area contributed by atoms with Crippen LogP contribution in [0.15, 0.2) is 0 Å². The zero-order valence-corrected chi connectivity index (χ0v) is 5.67. The molecule has 0 rings (SSSR count). The molecule has 0 aliphatic carbocycles. The average Bonchev–Trinajstić information content (AvgIpc) is 1.56. The van der Waals surface area contributed by atoms with Gasteiger partial charge in [0.25, 0.3) is 0 Å². The predicted octanol–water partition coefficient (Wildman–Crippen LogP) is 0.355. The fourth-order valence-corrected chi connectivity index (χ4v) is 0.727. The normalized spacial score (nSPS) is 12.5. The molecule has 11 heavy (non-hydrogen) atoms. The minimum absolute atomic E-state index is 1.46. The van der Waals surface area contributed by atoms with E-state index >= 15 is 0 Å². The van der Waals surface area contributed by atoms with Gasteiger partial charge in [-0.1, -0.05) is 0 Å². The van der Waals surface area contributed by atoms with E-state index in [1.807, 2.05) is 0 Å². The molecule has 0 saturated carbocycles. The van der Waals surface area contributed by atoms with Crippen molar-refractivity contribution in [1.82, 2.24) is 0 Å². The molecule has 5 nitrogen and oxygen atoms in total. The van der Waals surface area contributed by atoms with Crippen LogP contribution >= 0.6 is 7.60 Å². The first kappa shape index (κ1) is 10.3. The van der Waals surface area contributed by atoms with Crippen LogP contribution in [0.1, 0.15) is 0 Å². The molecule has 0 fully saturated rings. The van der Waals surface area contributed by atoms with Crippen molar-refractivity contribution in [2.24, 2.45) is 0 Å². The van der Waals surface area contributed by atoms with Gasteiger partial charge >= 0.3 is 19.2 Å². The van der Waals surface area contributed by atoms with Crippen molar-refractivity contribution in [3.8, 4) is 0 Å². The Morgan fingerprint density at radius 2 is 1.82 bits per heavy atom. The van der Waals surface area contributed by atoms with E-state index < -0.39 is 19.2 Å². The van der Waals surface area contributed by atoms with E-state index in [4.69, 9.17) is 15.3 Å². The molecule has 0 unspecified atom stereocenters. The summed E-state index contributed by atoms with van der Waals surface area (Å²) < 4.78 is 44.2. The molecule has 0 aliphatic heterocycles. The Morgan fingerprint density at radius 1 is 1.45 bits per heavy atom. The third kappa shape index (κ3) is 2.81. The molecule has 2 N–H and O–H groups in total. The highest BCUT2D eigenvalue weighted by atomic mass is 31.2. The smallest absolute Gasteiger partial charge is 0.360 e. The van der Waals surface area contributed by atoms with Gasteiger partial charge in [-0.2, -0.15) is 18.0 Å². The lowest BCUT2D eigenvalue weighted by Crippen LogP contribution is -2.23. The first-order valence-electron chi connectivity index (χ1n) is 2.05. The first-order valence-corrected chi connectivity index (χ1v) is 3.66. The van der Waals surface area contributed by atoms with Crippen LogP contribution in [0.25, 0.3) is 5.53 Å². The Balaban J connectivity index is 5.07. The molecular weight excluding hydrogens is 188 g/mol. The molecule has 0 amide bonds. The van der Waals surface area contributed by atoms with Crippen molar-refractivity contribution in [3.05, 3.63) is 5.53 Å². The second kappa shape index (κ2) is 2.75. The lowest BCUT2D eigenvalue weighted by atomic mass is 10.7. The van der Waals surface area contributed by atoms with E-state index in [1.165, 1.54) is 4.79 Å². The molecule has 0 aliphatic rings. The van der Waals surface area contributed by atoms with Gasteiger partial charge in [0.15, 0.2) is 0 Å². The van der Waals surface area contributed by atoms with Crippen molar-refractivity contribution in [3.63, 3.8) is 0 Å². The SMILES string of the molecule is [N-]=[N+]=C(C(F)(F)F)P(=O)(O)O. The summed E-state index contributed by atoms with van der Waals surface area (Å²) in [5, 5.41) is 0. The van der Waals surface area contributed by atoms with Crippen LogP contribution in [-0.2, 0) is 4.57 Å². The van der Waals surface area contributed by atoms with Crippen LogP contribution < -0.4 is 0 Å². The number of halogens is 3. The number of nitrogens with zero attached hydrogens (tertiary/aromatic N) is 2. The largest absolute Gasteiger partial charge is 0.503 e. The molecule has 0 spiro atoms. The van der Waals surface area contributed by atoms with Crippen molar-refractivity contribution in [2.45, 2.75) is 6.18 Å². The van der Waals surface area contributed by atoms with E-state index in [9.17, 15) is 17.7 Å². The third-order valence-electron chi connectivity index (χ3n) is 0.624. The predicted molar refractivity (Wildman–Crippen MR) is 26.7 cm³/mol. The second-order valence-corrected chi connectivity index (χ2v) is 2.98. The van der Waals surface area contributed by atoms with E-state index in [1.54, 1.807) is 0 Å². The molecule has 0 aromatic heterocycles. The topological polar surface area (TPSA) is 93.9 Å². The minimum atomic E-state index is -5.52. The molecular formula is C2H2F3N2O3P. The van der Waals surface area contributed by atoms with Crippen LogP contribution in [0, 0.1) is 0 Å². The second-order valence-electron chi connectivity index (χ2n) is 1.47. The number of hydrogen-bond acceptors (Lipinski definition) is 1. The minimum Gasteiger partial charge on any atom is -0.360 e. The highest BCUT2D eigenvalue weighted by molar-refractivity contribution is 7.70. The standard InChI is InChI=1S/C2H2F3N2O3P/c3-2(4,5)1(7-6)11(8,9)10/h(H2,8,9,10). The van der Waals surface area contributed by atoms with Gasteiger partial charge in [0.1, 0.15) is 0 Å². The first-order chi connectivity index (χ1) is 4.69. The van der Waals surface area contributed by atoms with E-state index in [0.29, 0.717) is 0 Å². The van der Waals surface area contributed by atoms with Gasteiger partial charge in [-0.15, -0.1) is 0 Å². The molecule has 0 saturated heterocycles. The Bertz CT molecular complexity index is 248. The summed E-state index contributed by atoms with van der Waals surface area (Å²) in [7, 11) is -5.52. The molecule has 0 aromatic rings. The average molecular weight is 190 g/mol. The van der Waals surface area contributed by atoms with E-state index in [0.717, 1.165) is 0 Å². The maximum atomic E-state index is 11.4. The lowest BCUT2D eigenvalue weighted by Gasteiger charge is -2.00. The fraction of sp³-hybridized carbons (Fsp3) is 0.500. The van der Waals surface area contributed by atoms with Crippen molar-refractivity contribution < 1.29 is 32.3 Å². The summed E-state index contributed by atoms with van der Waals surface area (Å²) in [5.41, 5.74) is 5.08. The Morgan fingerprint density at radius 3 is 1.82 bits per heavy atom. The number of alkyl halides is 3.